The van der Waals surface area contributed by atoms with Gasteiger partial charge in [0.1, 0.15) is 5.70 Å². The molecule has 0 atom stereocenters. The van der Waals surface area contributed by atoms with E-state index in [1.807, 2.05) is 0 Å². The van der Waals surface area contributed by atoms with Crippen molar-refractivity contribution in [3.05, 3.63) is 60.0 Å². The van der Waals surface area contributed by atoms with Crippen LogP contribution in [0.1, 0.15) is 0 Å². The van der Waals surface area contributed by atoms with E-state index in [-0.39, 0.29) is 16.2 Å². The minimum Gasteiger partial charge on any atom is -0.465 e. The van der Waals surface area contributed by atoms with Gasteiger partial charge >= 0.3 is 11.9 Å². The van der Waals surface area contributed by atoms with E-state index >= 15 is 0 Å². The van der Waals surface area contributed by atoms with Gasteiger partial charge in [-0.25, -0.2) is 23.1 Å². The summed E-state index contributed by atoms with van der Waals surface area (Å²) in [4.78, 5) is 25.6. The Kier molecular flexibility index (Phi) is 5.40. The van der Waals surface area contributed by atoms with Gasteiger partial charge in [-0.2, -0.15) is 0 Å². The van der Waals surface area contributed by atoms with Crippen LogP contribution >= 0.6 is 0 Å². The molecule has 0 aliphatic carbocycles. The van der Waals surface area contributed by atoms with E-state index in [4.69, 9.17) is 14.6 Å². The lowest BCUT2D eigenvalue weighted by atomic mass is 10.1. The number of hydrogen-bond acceptors (Lipinski definition) is 7. The molecule has 1 aromatic carbocycles. The second-order valence-electron chi connectivity index (χ2n) is 4.85. The van der Waals surface area contributed by atoms with Gasteiger partial charge in [0, 0.05) is 11.9 Å². The van der Waals surface area contributed by atoms with E-state index in [2.05, 4.69) is 0 Å². The first-order valence-corrected chi connectivity index (χ1v) is 8.52. The zero-order chi connectivity index (χ0) is 18.6. The molecule has 1 aliphatic rings. The summed E-state index contributed by atoms with van der Waals surface area (Å²) < 4.78 is 32.2. The quantitative estimate of drug-likeness (QED) is 0.786. The highest BCUT2D eigenvalue weighted by Crippen LogP contribution is 2.27. The second-order valence-corrected chi connectivity index (χ2v) is 6.42. The van der Waals surface area contributed by atoms with E-state index in [1.54, 1.807) is 12.2 Å². The molecule has 0 amide bonds. The number of methoxy groups -OCH3 is 2. The van der Waals surface area contributed by atoms with Crippen molar-refractivity contribution in [3.63, 3.8) is 0 Å². The molecule has 0 radical (unpaired) electrons. The second kappa shape index (κ2) is 7.32. The van der Waals surface area contributed by atoms with Crippen molar-refractivity contribution in [2.45, 2.75) is 4.90 Å². The van der Waals surface area contributed by atoms with E-state index in [9.17, 15) is 18.0 Å². The summed E-state index contributed by atoms with van der Waals surface area (Å²) >= 11 is 0. The molecule has 8 nitrogen and oxygen atoms in total. The van der Waals surface area contributed by atoms with Gasteiger partial charge < -0.3 is 14.4 Å². The number of nitrogens with zero attached hydrogens (tertiary/aromatic N) is 1. The number of carbonyl (C=O) groups is 2. The average Bonchev–Trinajstić information content (AvgIpc) is 2.82. The van der Waals surface area contributed by atoms with Crippen molar-refractivity contribution >= 4 is 27.6 Å². The van der Waals surface area contributed by atoms with Gasteiger partial charge in [-0.1, -0.05) is 6.08 Å². The Labute approximate surface area is 144 Å². The van der Waals surface area contributed by atoms with Crippen LogP contribution in [0, 0.1) is 0 Å². The maximum Gasteiger partial charge on any atom is 0.355 e. The van der Waals surface area contributed by atoms with Crippen molar-refractivity contribution in [1.29, 1.82) is 0 Å². The summed E-state index contributed by atoms with van der Waals surface area (Å²) in [6.45, 7) is 0. The van der Waals surface area contributed by atoms with Gasteiger partial charge in [0.2, 0.25) is 10.0 Å². The number of nitrogens with two attached hydrogens (primary N) is 1. The first-order chi connectivity index (χ1) is 11.8. The van der Waals surface area contributed by atoms with Gasteiger partial charge in [0.15, 0.2) is 0 Å². The van der Waals surface area contributed by atoms with Gasteiger partial charge in [0.25, 0.3) is 0 Å². The van der Waals surface area contributed by atoms with E-state index in [1.165, 1.54) is 55.7 Å². The summed E-state index contributed by atoms with van der Waals surface area (Å²) in [6.07, 6.45) is 6.12. The van der Waals surface area contributed by atoms with Crippen LogP contribution in [-0.4, -0.2) is 34.6 Å². The van der Waals surface area contributed by atoms with Crippen molar-refractivity contribution in [2.75, 3.05) is 19.1 Å². The zero-order valence-electron chi connectivity index (χ0n) is 13.5. The molecule has 0 saturated heterocycles. The molecule has 0 fully saturated rings. The fourth-order valence-corrected chi connectivity index (χ4v) is 2.68. The Bertz CT molecular complexity index is 882. The Balaban J connectivity index is 2.60. The summed E-state index contributed by atoms with van der Waals surface area (Å²) in [5.41, 5.74) is 0.353. The van der Waals surface area contributed by atoms with Gasteiger partial charge in [-0.15, -0.1) is 0 Å². The van der Waals surface area contributed by atoms with Crippen molar-refractivity contribution in [3.8, 4) is 0 Å². The molecular formula is C16H16N2O6S. The number of esters is 2. The monoisotopic (exact) mass is 364 g/mol. The van der Waals surface area contributed by atoms with Crippen LogP contribution in [0.2, 0.25) is 0 Å². The number of carbonyl (C=O) groups excluding carboxylic acids is 2. The van der Waals surface area contributed by atoms with Crippen LogP contribution in [0.3, 0.4) is 0 Å². The average molecular weight is 364 g/mol. The highest BCUT2D eigenvalue weighted by atomic mass is 32.2. The number of anilines is 1. The summed E-state index contributed by atoms with van der Waals surface area (Å²) in [5.74, 6) is -1.47. The lowest BCUT2D eigenvalue weighted by Gasteiger charge is -2.23. The Morgan fingerprint density at radius 1 is 1.00 bits per heavy atom. The SMILES string of the molecule is COC(=O)C1=C(C(=O)OC)N(c2ccc(S(N)(=O)=O)cc2)C=CC=C1. The number of sulfonamides is 1. The third kappa shape index (κ3) is 3.95. The first kappa shape index (κ1) is 18.4. The normalized spacial score (nSPS) is 14.3. The summed E-state index contributed by atoms with van der Waals surface area (Å²) in [7, 11) is -1.47. The van der Waals surface area contributed by atoms with Crippen molar-refractivity contribution in [2.24, 2.45) is 5.14 Å². The molecule has 1 heterocycles. The molecular weight excluding hydrogens is 348 g/mol. The molecule has 132 valence electrons. The molecule has 0 unspecified atom stereocenters. The minimum absolute atomic E-state index is 0.00475. The molecule has 2 rings (SSSR count). The van der Waals surface area contributed by atoms with Crippen LogP contribution in [0.25, 0.3) is 0 Å². The van der Waals surface area contributed by atoms with Gasteiger partial charge in [0.05, 0.1) is 24.7 Å². The lowest BCUT2D eigenvalue weighted by Crippen LogP contribution is -2.27. The standard InChI is InChI=1S/C16H16N2O6S/c1-23-15(19)13-5-3-4-10-18(14(13)16(20)24-2)11-6-8-12(9-7-11)25(17,21)22/h3-10H,1-2H3,(H2,17,21,22). The lowest BCUT2D eigenvalue weighted by molar-refractivity contribution is -0.139. The van der Waals surface area contributed by atoms with Gasteiger partial charge in [-0.05, 0) is 36.4 Å². The number of rotatable bonds is 4. The highest BCUT2D eigenvalue weighted by molar-refractivity contribution is 7.89. The van der Waals surface area contributed by atoms with Crippen LogP contribution in [0.5, 0.6) is 0 Å². The van der Waals surface area contributed by atoms with Crippen LogP contribution in [-0.2, 0) is 29.1 Å². The van der Waals surface area contributed by atoms with Crippen LogP contribution in [0.15, 0.2) is 64.9 Å². The molecule has 2 N–H and O–H groups in total. The first-order valence-electron chi connectivity index (χ1n) is 6.97. The zero-order valence-corrected chi connectivity index (χ0v) is 14.3. The Morgan fingerprint density at radius 2 is 1.60 bits per heavy atom. The molecule has 25 heavy (non-hydrogen) atoms. The topological polar surface area (TPSA) is 116 Å². The van der Waals surface area contributed by atoms with Crippen molar-refractivity contribution in [1.82, 2.24) is 0 Å². The smallest absolute Gasteiger partial charge is 0.355 e. The maximum absolute atomic E-state index is 12.2. The Hall–Kier alpha value is -2.91. The highest BCUT2D eigenvalue weighted by Gasteiger charge is 2.27. The maximum atomic E-state index is 12.2. The fraction of sp³-hybridized carbons (Fsp3) is 0.125. The van der Waals surface area contributed by atoms with Crippen molar-refractivity contribution < 1.29 is 27.5 Å². The molecule has 0 bridgehead atoms. The Morgan fingerprint density at radius 3 is 2.12 bits per heavy atom. The number of ether oxygens (including phenoxy) is 2. The number of benzene rings is 1. The number of hydrogen-bond donors (Lipinski definition) is 1. The third-order valence-corrected chi connectivity index (χ3v) is 4.26. The largest absolute Gasteiger partial charge is 0.465 e. The predicted octanol–water partition coefficient (Wildman–Crippen LogP) is 0.824. The fourth-order valence-electron chi connectivity index (χ4n) is 2.16. The minimum atomic E-state index is -3.85. The molecule has 9 heteroatoms. The van der Waals surface area contributed by atoms with Gasteiger partial charge in [-0.3, -0.25) is 0 Å². The number of allylic oxidation sites excluding steroid dienone is 2. The molecule has 1 aliphatic heterocycles. The van der Waals surface area contributed by atoms with E-state index in [0.29, 0.717) is 5.69 Å². The van der Waals surface area contributed by atoms with Crippen LogP contribution < -0.4 is 10.0 Å². The predicted molar refractivity (Wildman–Crippen MR) is 89.6 cm³/mol. The van der Waals surface area contributed by atoms with E-state index < -0.39 is 22.0 Å². The third-order valence-electron chi connectivity index (χ3n) is 3.33. The molecule has 0 saturated carbocycles. The molecule has 1 aromatic rings. The summed E-state index contributed by atoms with van der Waals surface area (Å²) in [5, 5.41) is 5.08. The number of primary sulfonamides is 1. The summed E-state index contributed by atoms with van der Waals surface area (Å²) in [6, 6.07) is 5.49. The van der Waals surface area contributed by atoms with E-state index in [0.717, 1.165) is 0 Å². The molecule has 0 aromatic heterocycles. The van der Waals surface area contributed by atoms with Crippen LogP contribution in [0.4, 0.5) is 5.69 Å². The molecule has 0 spiro atoms.